The van der Waals surface area contributed by atoms with Gasteiger partial charge in [-0.1, -0.05) is 18.2 Å². The molecule has 2 heterocycles. The van der Waals surface area contributed by atoms with Crippen LogP contribution in [0.15, 0.2) is 47.1 Å². The maximum absolute atomic E-state index is 5.71. The van der Waals surface area contributed by atoms with Crippen molar-refractivity contribution in [3.05, 3.63) is 54.0 Å². The zero-order chi connectivity index (χ0) is 13.8. The fourth-order valence-corrected chi connectivity index (χ4v) is 2.69. The minimum absolute atomic E-state index is 0.551. The second-order valence-electron chi connectivity index (χ2n) is 5.17. The highest BCUT2D eigenvalue weighted by atomic mass is 16.3. The Morgan fingerprint density at radius 1 is 1.00 bits per heavy atom. The van der Waals surface area contributed by atoms with Crippen LogP contribution in [0.4, 0.5) is 5.69 Å². The second-order valence-corrected chi connectivity index (χ2v) is 5.17. The van der Waals surface area contributed by atoms with E-state index in [4.69, 9.17) is 10.2 Å². The molecule has 0 bridgehead atoms. The summed E-state index contributed by atoms with van der Waals surface area (Å²) in [5.74, 6) is 1.01. The zero-order valence-electron chi connectivity index (χ0n) is 11.7. The largest absolute Gasteiger partial charge is 0.468 e. The predicted molar refractivity (Wildman–Crippen MR) is 80.5 cm³/mol. The van der Waals surface area contributed by atoms with Gasteiger partial charge in [0.2, 0.25) is 0 Å². The molecule has 4 heteroatoms. The summed E-state index contributed by atoms with van der Waals surface area (Å²) in [5.41, 5.74) is 8.15. The quantitative estimate of drug-likeness (QED) is 0.924. The minimum Gasteiger partial charge on any atom is -0.468 e. The van der Waals surface area contributed by atoms with Gasteiger partial charge in [-0.3, -0.25) is 4.90 Å². The van der Waals surface area contributed by atoms with E-state index in [1.165, 1.54) is 5.69 Å². The normalized spacial score (nSPS) is 16.6. The van der Waals surface area contributed by atoms with Gasteiger partial charge in [-0.05, 0) is 18.2 Å². The summed E-state index contributed by atoms with van der Waals surface area (Å²) < 4.78 is 5.53. The van der Waals surface area contributed by atoms with Crippen molar-refractivity contribution >= 4 is 5.69 Å². The van der Waals surface area contributed by atoms with Crippen molar-refractivity contribution in [2.45, 2.75) is 13.1 Å². The Labute approximate surface area is 119 Å². The topological polar surface area (TPSA) is 45.6 Å². The van der Waals surface area contributed by atoms with E-state index >= 15 is 0 Å². The summed E-state index contributed by atoms with van der Waals surface area (Å²) >= 11 is 0. The Morgan fingerprint density at radius 2 is 1.75 bits per heavy atom. The highest BCUT2D eigenvalue weighted by molar-refractivity contribution is 5.46. The van der Waals surface area contributed by atoms with Gasteiger partial charge in [-0.2, -0.15) is 0 Å². The van der Waals surface area contributed by atoms with Gasteiger partial charge in [0.1, 0.15) is 5.76 Å². The summed E-state index contributed by atoms with van der Waals surface area (Å²) in [6.45, 7) is 5.64. The van der Waals surface area contributed by atoms with Gasteiger partial charge in [0.05, 0.1) is 12.8 Å². The van der Waals surface area contributed by atoms with Crippen LogP contribution in [-0.4, -0.2) is 31.1 Å². The van der Waals surface area contributed by atoms with Crippen LogP contribution in [0.5, 0.6) is 0 Å². The fraction of sp³-hybridized carbons (Fsp3) is 0.375. The Bertz CT molecular complexity index is 530. The SMILES string of the molecule is NCc1ccoc1CN1CCN(c2ccccc2)CC1. The number of rotatable bonds is 4. The average molecular weight is 271 g/mol. The molecule has 0 saturated carbocycles. The Morgan fingerprint density at radius 3 is 2.45 bits per heavy atom. The Kier molecular flexibility index (Phi) is 4.04. The van der Waals surface area contributed by atoms with Gasteiger partial charge in [0, 0.05) is 44.0 Å². The van der Waals surface area contributed by atoms with Crippen LogP contribution < -0.4 is 10.6 Å². The van der Waals surface area contributed by atoms with E-state index < -0.39 is 0 Å². The molecule has 0 spiro atoms. The third-order valence-corrected chi connectivity index (χ3v) is 3.92. The third kappa shape index (κ3) is 2.86. The minimum atomic E-state index is 0.551. The number of hydrogen-bond donors (Lipinski definition) is 1. The lowest BCUT2D eigenvalue weighted by Gasteiger charge is -2.35. The smallest absolute Gasteiger partial charge is 0.122 e. The maximum Gasteiger partial charge on any atom is 0.122 e. The van der Waals surface area contributed by atoms with E-state index in [0.29, 0.717) is 6.54 Å². The summed E-state index contributed by atoms with van der Waals surface area (Å²) in [7, 11) is 0. The number of para-hydroxylation sites is 1. The molecule has 2 aromatic rings. The van der Waals surface area contributed by atoms with E-state index in [0.717, 1.165) is 44.0 Å². The summed E-state index contributed by atoms with van der Waals surface area (Å²) in [5, 5.41) is 0. The van der Waals surface area contributed by atoms with Gasteiger partial charge < -0.3 is 15.1 Å². The van der Waals surface area contributed by atoms with Crippen molar-refractivity contribution in [2.75, 3.05) is 31.1 Å². The van der Waals surface area contributed by atoms with Crippen molar-refractivity contribution in [3.8, 4) is 0 Å². The van der Waals surface area contributed by atoms with E-state index in [-0.39, 0.29) is 0 Å². The summed E-state index contributed by atoms with van der Waals surface area (Å²) in [6.07, 6.45) is 1.73. The van der Waals surface area contributed by atoms with Crippen molar-refractivity contribution in [1.29, 1.82) is 0 Å². The number of nitrogens with zero attached hydrogens (tertiary/aromatic N) is 2. The number of nitrogens with two attached hydrogens (primary N) is 1. The van der Waals surface area contributed by atoms with Crippen LogP contribution in [0.2, 0.25) is 0 Å². The van der Waals surface area contributed by atoms with Crippen LogP contribution in [0.1, 0.15) is 11.3 Å². The van der Waals surface area contributed by atoms with Crippen molar-refractivity contribution in [3.63, 3.8) is 0 Å². The first-order chi connectivity index (χ1) is 9.86. The zero-order valence-corrected chi connectivity index (χ0v) is 11.7. The highest BCUT2D eigenvalue weighted by Gasteiger charge is 2.18. The van der Waals surface area contributed by atoms with E-state index in [1.807, 2.05) is 6.07 Å². The lowest BCUT2D eigenvalue weighted by molar-refractivity contribution is 0.229. The maximum atomic E-state index is 5.71. The van der Waals surface area contributed by atoms with Crippen LogP contribution in [0.3, 0.4) is 0 Å². The van der Waals surface area contributed by atoms with Gasteiger partial charge in [-0.15, -0.1) is 0 Å². The fourth-order valence-electron chi connectivity index (χ4n) is 2.69. The summed E-state index contributed by atoms with van der Waals surface area (Å²) in [4.78, 5) is 4.86. The van der Waals surface area contributed by atoms with Crippen molar-refractivity contribution in [2.24, 2.45) is 5.73 Å². The molecule has 0 aliphatic carbocycles. The van der Waals surface area contributed by atoms with E-state index in [1.54, 1.807) is 6.26 Å². The standard InChI is InChI=1S/C16H21N3O/c17-12-14-6-11-20-16(14)13-18-7-9-19(10-8-18)15-4-2-1-3-5-15/h1-6,11H,7-10,12-13,17H2. The molecule has 1 aliphatic rings. The molecule has 2 N–H and O–H groups in total. The first kappa shape index (κ1) is 13.2. The molecule has 1 aromatic heterocycles. The number of anilines is 1. The number of furan rings is 1. The van der Waals surface area contributed by atoms with Crippen LogP contribution >= 0.6 is 0 Å². The molecule has 0 atom stereocenters. The Hall–Kier alpha value is -1.78. The van der Waals surface area contributed by atoms with Gasteiger partial charge >= 0.3 is 0 Å². The molecule has 1 fully saturated rings. The molecule has 0 unspecified atom stereocenters. The molecule has 1 aromatic carbocycles. The second kappa shape index (κ2) is 6.11. The number of piperazine rings is 1. The lowest BCUT2D eigenvalue weighted by Crippen LogP contribution is -2.46. The molecule has 1 aliphatic heterocycles. The first-order valence-corrected chi connectivity index (χ1v) is 7.14. The summed E-state index contributed by atoms with van der Waals surface area (Å²) in [6, 6.07) is 12.6. The van der Waals surface area contributed by atoms with Crippen LogP contribution in [0.25, 0.3) is 0 Å². The molecule has 0 radical (unpaired) electrons. The lowest BCUT2D eigenvalue weighted by atomic mass is 10.2. The van der Waals surface area contributed by atoms with E-state index in [9.17, 15) is 0 Å². The third-order valence-electron chi connectivity index (χ3n) is 3.92. The molecular weight excluding hydrogens is 250 g/mol. The van der Waals surface area contributed by atoms with Gasteiger partial charge in [0.25, 0.3) is 0 Å². The molecule has 106 valence electrons. The van der Waals surface area contributed by atoms with Gasteiger partial charge in [-0.25, -0.2) is 0 Å². The number of hydrogen-bond acceptors (Lipinski definition) is 4. The molecular formula is C16H21N3O. The van der Waals surface area contributed by atoms with Gasteiger partial charge in [0.15, 0.2) is 0 Å². The Balaban J connectivity index is 1.56. The first-order valence-electron chi connectivity index (χ1n) is 7.14. The van der Waals surface area contributed by atoms with Crippen molar-refractivity contribution < 1.29 is 4.42 Å². The molecule has 0 amide bonds. The van der Waals surface area contributed by atoms with Crippen LogP contribution in [0, 0.1) is 0 Å². The number of benzene rings is 1. The molecule has 3 rings (SSSR count). The molecule has 4 nitrogen and oxygen atoms in total. The molecule has 1 saturated heterocycles. The van der Waals surface area contributed by atoms with Crippen LogP contribution in [-0.2, 0) is 13.1 Å². The monoisotopic (exact) mass is 271 g/mol. The average Bonchev–Trinajstić information content (AvgIpc) is 2.96. The van der Waals surface area contributed by atoms with Crippen molar-refractivity contribution in [1.82, 2.24) is 4.90 Å². The molecule has 20 heavy (non-hydrogen) atoms. The highest BCUT2D eigenvalue weighted by Crippen LogP contribution is 2.18. The predicted octanol–water partition coefficient (Wildman–Crippen LogP) is 2.06. The van der Waals surface area contributed by atoms with E-state index in [2.05, 4.69) is 40.1 Å².